The highest BCUT2D eigenvalue weighted by atomic mass is 32.2. The van der Waals surface area contributed by atoms with Crippen LogP contribution >= 0.6 is 23.1 Å². The molecule has 0 saturated carbocycles. The number of hydrogen-bond acceptors (Lipinski definition) is 4. The summed E-state index contributed by atoms with van der Waals surface area (Å²) in [5.74, 6) is 1.79. The fraction of sp³-hybridized carbons (Fsp3) is 0.556. The van der Waals surface area contributed by atoms with Crippen LogP contribution in [0.25, 0.3) is 0 Å². The van der Waals surface area contributed by atoms with Crippen LogP contribution in [0.5, 0.6) is 0 Å². The Bertz CT molecular complexity index is 331. The molecule has 1 saturated heterocycles. The molecular formula is C9H11NO2S2. The van der Waals surface area contributed by atoms with Gasteiger partial charge in [0.1, 0.15) is 4.88 Å². The van der Waals surface area contributed by atoms with Gasteiger partial charge in [-0.2, -0.15) is 11.8 Å². The van der Waals surface area contributed by atoms with Crippen LogP contribution in [0.15, 0.2) is 5.51 Å². The molecule has 0 aliphatic carbocycles. The van der Waals surface area contributed by atoms with Crippen molar-refractivity contribution in [2.45, 2.75) is 18.8 Å². The third-order valence-corrected chi connectivity index (χ3v) is 4.28. The normalized spacial score (nSPS) is 18.3. The highest BCUT2D eigenvalue weighted by Gasteiger charge is 2.23. The number of aromatic carboxylic acids is 1. The average molecular weight is 229 g/mol. The molecule has 1 aromatic heterocycles. The van der Waals surface area contributed by atoms with Gasteiger partial charge in [-0.25, -0.2) is 9.78 Å². The molecule has 0 aromatic carbocycles. The van der Waals surface area contributed by atoms with Crippen molar-refractivity contribution in [3.05, 3.63) is 16.1 Å². The summed E-state index contributed by atoms with van der Waals surface area (Å²) in [6.07, 6.45) is 2.13. The Morgan fingerprint density at radius 1 is 1.50 bits per heavy atom. The van der Waals surface area contributed by atoms with Crippen molar-refractivity contribution in [3.8, 4) is 0 Å². The fourth-order valence-electron chi connectivity index (χ4n) is 1.68. The van der Waals surface area contributed by atoms with Crippen molar-refractivity contribution in [1.29, 1.82) is 0 Å². The van der Waals surface area contributed by atoms with Crippen LogP contribution in [0.1, 0.15) is 34.1 Å². The lowest BCUT2D eigenvalue weighted by atomic mass is 9.98. The Hall–Kier alpha value is -0.550. The van der Waals surface area contributed by atoms with Crippen LogP contribution in [0.3, 0.4) is 0 Å². The number of hydrogen-bond donors (Lipinski definition) is 1. The molecule has 3 nitrogen and oxygen atoms in total. The van der Waals surface area contributed by atoms with Gasteiger partial charge in [-0.05, 0) is 24.3 Å². The van der Waals surface area contributed by atoms with Gasteiger partial charge in [0.15, 0.2) is 0 Å². The van der Waals surface area contributed by atoms with E-state index in [1.807, 2.05) is 11.8 Å². The molecule has 1 aliphatic heterocycles. The van der Waals surface area contributed by atoms with Crippen LogP contribution in [-0.2, 0) is 0 Å². The summed E-state index contributed by atoms with van der Waals surface area (Å²) in [5.41, 5.74) is 2.45. The van der Waals surface area contributed by atoms with E-state index < -0.39 is 5.97 Å². The second-order valence-electron chi connectivity index (χ2n) is 3.26. The van der Waals surface area contributed by atoms with Gasteiger partial charge in [-0.3, -0.25) is 0 Å². The first kappa shape index (κ1) is 9.98. The van der Waals surface area contributed by atoms with E-state index in [4.69, 9.17) is 5.11 Å². The largest absolute Gasteiger partial charge is 0.477 e. The maximum atomic E-state index is 10.9. The molecule has 0 unspecified atom stereocenters. The minimum atomic E-state index is -0.833. The van der Waals surface area contributed by atoms with Crippen molar-refractivity contribution in [3.63, 3.8) is 0 Å². The van der Waals surface area contributed by atoms with Crippen molar-refractivity contribution < 1.29 is 9.90 Å². The number of carboxylic acids is 1. The summed E-state index contributed by atoms with van der Waals surface area (Å²) >= 11 is 3.17. The molecule has 1 fully saturated rings. The predicted molar refractivity (Wildman–Crippen MR) is 58.4 cm³/mol. The summed E-state index contributed by atoms with van der Waals surface area (Å²) in [4.78, 5) is 15.5. The maximum absolute atomic E-state index is 10.9. The van der Waals surface area contributed by atoms with Crippen molar-refractivity contribution >= 4 is 29.1 Å². The Balaban J connectivity index is 2.21. The minimum absolute atomic E-state index is 0.369. The summed E-state index contributed by atoms with van der Waals surface area (Å²) in [7, 11) is 0. The van der Waals surface area contributed by atoms with Gasteiger partial charge in [0.2, 0.25) is 0 Å². The zero-order valence-electron chi connectivity index (χ0n) is 7.60. The van der Waals surface area contributed by atoms with Crippen LogP contribution in [-0.4, -0.2) is 27.6 Å². The lowest BCUT2D eigenvalue weighted by Crippen LogP contribution is -2.11. The molecule has 1 N–H and O–H groups in total. The molecular weight excluding hydrogens is 218 g/mol. The molecule has 0 radical (unpaired) electrons. The van der Waals surface area contributed by atoms with Crippen LogP contribution in [0.2, 0.25) is 0 Å². The van der Waals surface area contributed by atoms with Gasteiger partial charge in [-0.15, -0.1) is 11.3 Å². The standard InChI is InChI=1S/C9H11NO2S2/c11-9(12)8-7(10-5-14-8)6-1-3-13-4-2-6/h5-6H,1-4H2,(H,11,12). The third kappa shape index (κ3) is 1.93. The topological polar surface area (TPSA) is 50.2 Å². The zero-order valence-corrected chi connectivity index (χ0v) is 9.24. The molecule has 2 rings (SSSR count). The van der Waals surface area contributed by atoms with Crippen molar-refractivity contribution in [1.82, 2.24) is 4.98 Å². The van der Waals surface area contributed by atoms with Gasteiger partial charge < -0.3 is 5.11 Å². The van der Waals surface area contributed by atoms with E-state index >= 15 is 0 Å². The van der Waals surface area contributed by atoms with E-state index in [0.29, 0.717) is 10.8 Å². The quantitative estimate of drug-likeness (QED) is 0.846. The number of thioether (sulfide) groups is 1. The van der Waals surface area contributed by atoms with E-state index in [9.17, 15) is 4.79 Å². The Morgan fingerprint density at radius 2 is 2.21 bits per heavy atom. The molecule has 1 aromatic rings. The summed E-state index contributed by atoms with van der Waals surface area (Å²) in [6, 6.07) is 0. The average Bonchev–Trinajstić information content (AvgIpc) is 2.67. The zero-order chi connectivity index (χ0) is 9.97. The number of aromatic nitrogens is 1. The molecule has 1 aliphatic rings. The Labute approximate surface area is 90.6 Å². The van der Waals surface area contributed by atoms with Crippen molar-refractivity contribution in [2.75, 3.05) is 11.5 Å². The predicted octanol–water partition coefficient (Wildman–Crippen LogP) is 2.45. The molecule has 14 heavy (non-hydrogen) atoms. The van der Waals surface area contributed by atoms with E-state index in [2.05, 4.69) is 4.98 Å². The number of rotatable bonds is 2. The SMILES string of the molecule is O=C(O)c1scnc1C1CCSCC1. The van der Waals surface area contributed by atoms with E-state index in [1.54, 1.807) is 5.51 Å². The molecule has 5 heteroatoms. The van der Waals surface area contributed by atoms with Crippen LogP contribution in [0.4, 0.5) is 0 Å². The van der Waals surface area contributed by atoms with E-state index in [-0.39, 0.29) is 0 Å². The summed E-state index contributed by atoms with van der Waals surface area (Å²) in [5, 5.41) is 8.95. The number of carbonyl (C=O) groups is 1. The molecule has 2 heterocycles. The summed E-state index contributed by atoms with van der Waals surface area (Å²) in [6.45, 7) is 0. The maximum Gasteiger partial charge on any atom is 0.347 e. The van der Waals surface area contributed by atoms with Gasteiger partial charge in [0.25, 0.3) is 0 Å². The van der Waals surface area contributed by atoms with Gasteiger partial charge in [0, 0.05) is 5.92 Å². The van der Waals surface area contributed by atoms with E-state index in [0.717, 1.165) is 30.0 Å². The number of carboxylic acid groups (broad SMARTS) is 1. The van der Waals surface area contributed by atoms with Gasteiger partial charge in [-0.1, -0.05) is 0 Å². The number of nitrogens with zero attached hydrogens (tertiary/aromatic N) is 1. The first-order chi connectivity index (χ1) is 6.79. The van der Waals surface area contributed by atoms with E-state index in [1.165, 1.54) is 11.3 Å². The molecule has 76 valence electrons. The van der Waals surface area contributed by atoms with Crippen LogP contribution in [0, 0.1) is 0 Å². The Morgan fingerprint density at radius 3 is 2.86 bits per heavy atom. The van der Waals surface area contributed by atoms with Gasteiger partial charge in [0.05, 0.1) is 11.2 Å². The highest BCUT2D eigenvalue weighted by Crippen LogP contribution is 2.33. The second kappa shape index (κ2) is 4.31. The molecule has 0 atom stereocenters. The van der Waals surface area contributed by atoms with Crippen LogP contribution < -0.4 is 0 Å². The third-order valence-electron chi connectivity index (χ3n) is 2.40. The lowest BCUT2D eigenvalue weighted by molar-refractivity contribution is 0.0700. The minimum Gasteiger partial charge on any atom is -0.477 e. The lowest BCUT2D eigenvalue weighted by Gasteiger charge is -2.19. The molecule has 0 spiro atoms. The number of thiazole rings is 1. The molecule has 0 bridgehead atoms. The second-order valence-corrected chi connectivity index (χ2v) is 5.34. The highest BCUT2D eigenvalue weighted by molar-refractivity contribution is 7.99. The van der Waals surface area contributed by atoms with Crippen molar-refractivity contribution in [2.24, 2.45) is 0 Å². The monoisotopic (exact) mass is 229 g/mol. The smallest absolute Gasteiger partial charge is 0.347 e. The first-order valence-electron chi connectivity index (χ1n) is 4.53. The fourth-order valence-corrected chi connectivity index (χ4v) is 3.50. The summed E-state index contributed by atoms with van der Waals surface area (Å²) < 4.78 is 0. The Kier molecular flexibility index (Phi) is 3.08. The first-order valence-corrected chi connectivity index (χ1v) is 6.57. The molecule has 0 amide bonds. The van der Waals surface area contributed by atoms with Gasteiger partial charge >= 0.3 is 5.97 Å².